The van der Waals surface area contributed by atoms with E-state index >= 15 is 0 Å². The molecule has 9 heteroatoms. The van der Waals surface area contributed by atoms with Crippen LogP contribution in [0.3, 0.4) is 0 Å². The van der Waals surface area contributed by atoms with E-state index in [2.05, 4.69) is 34.1 Å². The van der Waals surface area contributed by atoms with Gasteiger partial charge in [0.1, 0.15) is 16.5 Å². The predicted octanol–water partition coefficient (Wildman–Crippen LogP) is 6.33. The smallest absolute Gasteiger partial charge is 0.323 e. The molecule has 0 radical (unpaired) electrons. The van der Waals surface area contributed by atoms with Gasteiger partial charge in [0.15, 0.2) is 0 Å². The SMILES string of the molecule is COc1ccc(OC)c(NC(=O)N2Cc3c(sc4c3CCN(C)C4)-n3cccc3C2c2cccc(Cl)c2)c1. The number of halogens is 1. The number of ether oxygens (including phenoxy) is 2. The summed E-state index contributed by atoms with van der Waals surface area (Å²) >= 11 is 8.29. The van der Waals surface area contributed by atoms with Crippen LogP contribution in [-0.2, 0) is 19.5 Å². The maximum atomic E-state index is 14.2. The van der Waals surface area contributed by atoms with Crippen LogP contribution in [-0.4, -0.2) is 48.2 Å². The Kier molecular flexibility index (Phi) is 6.55. The van der Waals surface area contributed by atoms with Crippen molar-refractivity contribution in [2.24, 2.45) is 0 Å². The third-order valence-corrected chi connectivity index (χ3v) is 8.82. The second-order valence-electron chi connectivity index (χ2n) is 9.66. The van der Waals surface area contributed by atoms with Crippen LogP contribution in [0.15, 0.2) is 60.8 Å². The third-order valence-electron chi connectivity index (χ3n) is 7.33. The van der Waals surface area contributed by atoms with Crippen molar-refractivity contribution in [3.63, 3.8) is 0 Å². The number of rotatable bonds is 4. The van der Waals surface area contributed by atoms with Gasteiger partial charge in [0.25, 0.3) is 0 Å². The molecule has 4 aromatic rings. The molecule has 1 atom stereocenters. The number of nitrogens with one attached hydrogen (secondary N) is 1. The molecule has 4 heterocycles. The van der Waals surface area contributed by atoms with Crippen LogP contribution in [0.5, 0.6) is 11.5 Å². The zero-order chi connectivity index (χ0) is 26.4. The summed E-state index contributed by atoms with van der Waals surface area (Å²) in [7, 11) is 5.35. The number of likely N-dealkylation sites (N-methyl/N-ethyl adjacent to an activating group) is 1. The monoisotopic (exact) mass is 548 g/mol. The van der Waals surface area contributed by atoms with Crippen LogP contribution in [0.25, 0.3) is 5.00 Å². The number of carbonyl (C=O) groups excluding carboxylic acids is 1. The lowest BCUT2D eigenvalue weighted by Gasteiger charge is -2.32. The van der Waals surface area contributed by atoms with Crippen LogP contribution in [0.4, 0.5) is 10.5 Å². The van der Waals surface area contributed by atoms with Crippen molar-refractivity contribution >= 4 is 34.7 Å². The Morgan fingerprint density at radius 3 is 2.71 bits per heavy atom. The minimum absolute atomic E-state index is 0.227. The molecule has 1 N–H and O–H groups in total. The van der Waals surface area contributed by atoms with Gasteiger partial charge in [-0.2, -0.15) is 0 Å². The molecule has 2 amide bonds. The number of urea groups is 1. The molecule has 0 saturated carbocycles. The van der Waals surface area contributed by atoms with Gasteiger partial charge in [-0.15, -0.1) is 11.3 Å². The predicted molar refractivity (Wildman–Crippen MR) is 151 cm³/mol. The average Bonchev–Trinajstić information content (AvgIpc) is 3.49. The van der Waals surface area contributed by atoms with Gasteiger partial charge in [-0.3, -0.25) is 0 Å². The van der Waals surface area contributed by atoms with Crippen LogP contribution >= 0.6 is 22.9 Å². The molecule has 7 nitrogen and oxygen atoms in total. The molecule has 0 bridgehead atoms. The molecule has 2 aliphatic rings. The molecular weight excluding hydrogens is 520 g/mol. The van der Waals surface area contributed by atoms with E-state index in [4.69, 9.17) is 21.1 Å². The first-order chi connectivity index (χ1) is 18.5. The van der Waals surface area contributed by atoms with Crippen LogP contribution < -0.4 is 14.8 Å². The highest BCUT2D eigenvalue weighted by molar-refractivity contribution is 7.15. The lowest BCUT2D eigenvalue weighted by Crippen LogP contribution is -2.38. The normalized spacial score (nSPS) is 16.7. The highest BCUT2D eigenvalue weighted by atomic mass is 35.5. The van der Waals surface area contributed by atoms with Crippen LogP contribution in [0.2, 0.25) is 5.02 Å². The maximum Gasteiger partial charge on any atom is 0.323 e. The minimum atomic E-state index is -0.346. The van der Waals surface area contributed by atoms with Gasteiger partial charge in [0.2, 0.25) is 0 Å². The summed E-state index contributed by atoms with van der Waals surface area (Å²) in [5.41, 5.74) is 5.11. The lowest BCUT2D eigenvalue weighted by molar-refractivity contribution is 0.194. The van der Waals surface area contributed by atoms with Gasteiger partial charge in [-0.05, 0) is 61.0 Å². The van der Waals surface area contributed by atoms with E-state index in [-0.39, 0.29) is 12.1 Å². The first-order valence-corrected chi connectivity index (χ1v) is 13.7. The van der Waals surface area contributed by atoms with Gasteiger partial charge < -0.3 is 29.2 Å². The van der Waals surface area contributed by atoms with Gasteiger partial charge in [0, 0.05) is 40.8 Å². The van der Waals surface area contributed by atoms with Gasteiger partial charge in [0.05, 0.1) is 38.2 Å². The molecule has 196 valence electrons. The van der Waals surface area contributed by atoms with Gasteiger partial charge in [-0.1, -0.05) is 23.7 Å². The number of fused-ring (bicyclic) bond motifs is 5. The Hall–Kier alpha value is -3.46. The topological polar surface area (TPSA) is 59.0 Å². The van der Waals surface area contributed by atoms with Crippen LogP contribution in [0.1, 0.15) is 33.3 Å². The molecule has 2 aliphatic heterocycles. The Balaban J connectivity index is 1.49. The summed E-state index contributed by atoms with van der Waals surface area (Å²) in [4.78, 5) is 19.8. The molecule has 2 aromatic heterocycles. The standard InChI is InChI=1S/C29H29ClN4O3S/c1-32-13-11-21-22-16-34(29(35)31-23-15-20(36-2)9-10-25(23)37-3)27(18-6-4-7-19(30)14-18)24-8-5-12-33(24)28(22)38-26(21)17-32/h4-10,12,14-15,27H,11,13,16-17H2,1-3H3,(H,31,35). The number of nitrogens with zero attached hydrogens (tertiary/aromatic N) is 3. The molecule has 0 spiro atoms. The van der Waals surface area contributed by atoms with E-state index in [1.807, 2.05) is 52.6 Å². The quantitative estimate of drug-likeness (QED) is 0.323. The fourth-order valence-corrected chi connectivity index (χ4v) is 7.12. The van der Waals surface area contributed by atoms with Gasteiger partial charge >= 0.3 is 6.03 Å². The van der Waals surface area contributed by atoms with Crippen molar-refractivity contribution in [2.45, 2.75) is 25.6 Å². The van der Waals surface area contributed by atoms with Crippen molar-refractivity contribution in [1.29, 1.82) is 0 Å². The minimum Gasteiger partial charge on any atom is -0.497 e. The summed E-state index contributed by atoms with van der Waals surface area (Å²) in [6, 6.07) is 16.7. The van der Waals surface area contributed by atoms with E-state index in [9.17, 15) is 4.79 Å². The number of hydrogen-bond acceptors (Lipinski definition) is 5. The zero-order valence-corrected chi connectivity index (χ0v) is 23.1. The molecule has 38 heavy (non-hydrogen) atoms. The van der Waals surface area contributed by atoms with Crippen molar-refractivity contribution in [3.05, 3.63) is 93.1 Å². The number of methoxy groups -OCH3 is 2. The molecule has 0 aliphatic carbocycles. The zero-order valence-electron chi connectivity index (χ0n) is 21.5. The largest absolute Gasteiger partial charge is 0.497 e. The molecule has 0 saturated heterocycles. The molecular formula is C29H29ClN4O3S. The second kappa shape index (κ2) is 10.0. The second-order valence-corrected chi connectivity index (χ2v) is 11.2. The van der Waals surface area contributed by atoms with Gasteiger partial charge in [-0.25, -0.2) is 4.79 Å². The van der Waals surface area contributed by atoms with Crippen molar-refractivity contribution in [3.8, 4) is 16.5 Å². The maximum absolute atomic E-state index is 14.2. The highest BCUT2D eigenvalue weighted by Gasteiger charge is 2.36. The first-order valence-electron chi connectivity index (χ1n) is 12.5. The van der Waals surface area contributed by atoms with Crippen molar-refractivity contribution in [1.82, 2.24) is 14.4 Å². The van der Waals surface area contributed by atoms with E-state index in [1.54, 1.807) is 26.4 Å². The fraction of sp³-hybridized carbons (Fsp3) is 0.276. The van der Waals surface area contributed by atoms with E-state index < -0.39 is 0 Å². The van der Waals surface area contributed by atoms with E-state index in [1.165, 1.54) is 21.0 Å². The van der Waals surface area contributed by atoms with Crippen molar-refractivity contribution < 1.29 is 14.3 Å². The number of amides is 2. The molecule has 0 fully saturated rings. The number of anilines is 1. The molecule has 6 rings (SSSR count). The summed E-state index contributed by atoms with van der Waals surface area (Å²) in [5.74, 6) is 1.20. The summed E-state index contributed by atoms with van der Waals surface area (Å²) in [6.45, 7) is 2.40. The van der Waals surface area contributed by atoms with E-state index in [0.717, 1.165) is 30.8 Å². The summed E-state index contributed by atoms with van der Waals surface area (Å²) in [5, 5.41) is 4.94. The lowest BCUT2D eigenvalue weighted by atomic mass is 10.0. The number of hydrogen-bond donors (Lipinski definition) is 1. The van der Waals surface area contributed by atoms with Crippen molar-refractivity contribution in [2.75, 3.05) is 33.1 Å². The van der Waals surface area contributed by atoms with Crippen LogP contribution in [0, 0.1) is 0 Å². The fourth-order valence-electron chi connectivity index (χ4n) is 5.48. The van der Waals surface area contributed by atoms with E-state index in [0.29, 0.717) is 28.8 Å². The number of benzene rings is 2. The number of aromatic nitrogens is 1. The summed E-state index contributed by atoms with van der Waals surface area (Å²) in [6.07, 6.45) is 3.07. The Morgan fingerprint density at radius 2 is 1.92 bits per heavy atom. The Morgan fingerprint density at radius 1 is 1.05 bits per heavy atom. The first kappa shape index (κ1) is 24.9. The average molecular weight is 549 g/mol. The summed E-state index contributed by atoms with van der Waals surface area (Å²) < 4.78 is 13.2. The highest BCUT2D eigenvalue weighted by Crippen LogP contribution is 2.44. The third kappa shape index (κ3) is 4.32. The number of thiophene rings is 1. The molecule has 1 unspecified atom stereocenters. The number of carbonyl (C=O) groups is 1. The Labute approximate surface area is 231 Å². The molecule has 2 aromatic carbocycles. The Bertz CT molecular complexity index is 1510.